The molecule has 2 saturated heterocycles. The molecule has 2 heterocycles. The van der Waals surface area contributed by atoms with Gasteiger partial charge in [0.2, 0.25) is 0 Å². The fourth-order valence-electron chi connectivity index (χ4n) is 2.61. The highest BCUT2D eigenvalue weighted by molar-refractivity contribution is 5.81. The molecule has 0 spiro atoms. The van der Waals surface area contributed by atoms with E-state index < -0.39 is 0 Å². The van der Waals surface area contributed by atoms with Crippen LogP contribution in [0.1, 0.15) is 19.8 Å². The first-order valence-corrected chi connectivity index (χ1v) is 6.65. The third-order valence-corrected chi connectivity index (χ3v) is 3.64. The first kappa shape index (κ1) is 12.8. The molecule has 0 saturated carbocycles. The number of hydrogen-bond acceptors (Lipinski definition) is 4. The van der Waals surface area contributed by atoms with Gasteiger partial charge in [-0.1, -0.05) is 6.92 Å². The lowest BCUT2D eigenvalue weighted by molar-refractivity contribution is -0.134. The zero-order valence-corrected chi connectivity index (χ0v) is 10.6. The van der Waals surface area contributed by atoms with Crippen molar-refractivity contribution in [1.29, 1.82) is 0 Å². The van der Waals surface area contributed by atoms with Gasteiger partial charge in [-0.2, -0.15) is 0 Å². The van der Waals surface area contributed by atoms with Crippen LogP contribution < -0.4 is 10.6 Å². The lowest BCUT2D eigenvalue weighted by Gasteiger charge is -2.26. The molecule has 0 radical (unpaired) electrons. The molecule has 0 aliphatic carbocycles. The van der Waals surface area contributed by atoms with Crippen molar-refractivity contribution in [3.8, 4) is 0 Å². The van der Waals surface area contributed by atoms with E-state index >= 15 is 0 Å². The van der Waals surface area contributed by atoms with Crippen LogP contribution in [0.15, 0.2) is 0 Å². The molecule has 1 amide bonds. The molecule has 0 aromatic heterocycles. The predicted octanol–water partition coefficient (Wildman–Crippen LogP) is -0.425. The Hall–Kier alpha value is -0.650. The minimum absolute atomic E-state index is 0.0279. The summed E-state index contributed by atoms with van der Waals surface area (Å²) in [6.07, 6.45) is 2.13. The highest BCUT2D eigenvalue weighted by atomic mass is 16.5. The Balaban J connectivity index is 1.71. The molecular formula is C12H23N3O2. The number of amides is 1. The second-order valence-corrected chi connectivity index (χ2v) is 4.73. The number of rotatable bonds is 4. The van der Waals surface area contributed by atoms with E-state index in [1.807, 2.05) is 0 Å². The predicted molar refractivity (Wildman–Crippen MR) is 65.9 cm³/mol. The van der Waals surface area contributed by atoms with Crippen molar-refractivity contribution < 1.29 is 9.53 Å². The van der Waals surface area contributed by atoms with Crippen LogP contribution in [0.25, 0.3) is 0 Å². The molecule has 2 N–H and O–H groups in total. The fourth-order valence-corrected chi connectivity index (χ4v) is 2.61. The van der Waals surface area contributed by atoms with Gasteiger partial charge in [-0.15, -0.1) is 0 Å². The Kier molecular flexibility index (Phi) is 4.76. The third kappa shape index (κ3) is 3.40. The van der Waals surface area contributed by atoms with Gasteiger partial charge in [0.05, 0.1) is 6.61 Å². The number of likely N-dealkylation sites (N-methyl/N-ethyl adjacent to an activating group) is 1. The van der Waals surface area contributed by atoms with Crippen molar-refractivity contribution in [1.82, 2.24) is 15.5 Å². The normalized spacial score (nSPS) is 30.4. The number of carbonyl (C=O) groups is 1. The number of ether oxygens (including phenoxy) is 1. The van der Waals surface area contributed by atoms with Gasteiger partial charge in [0, 0.05) is 25.7 Å². The van der Waals surface area contributed by atoms with Crippen molar-refractivity contribution in [2.45, 2.75) is 31.9 Å². The molecule has 0 aromatic carbocycles. The Morgan fingerprint density at radius 1 is 1.59 bits per heavy atom. The van der Waals surface area contributed by atoms with Gasteiger partial charge in [-0.25, -0.2) is 0 Å². The maximum atomic E-state index is 11.9. The van der Waals surface area contributed by atoms with Crippen molar-refractivity contribution in [2.75, 3.05) is 39.3 Å². The van der Waals surface area contributed by atoms with E-state index in [-0.39, 0.29) is 12.0 Å². The van der Waals surface area contributed by atoms with Gasteiger partial charge in [0.15, 0.2) is 0 Å². The van der Waals surface area contributed by atoms with Crippen molar-refractivity contribution in [3.63, 3.8) is 0 Å². The van der Waals surface area contributed by atoms with Crippen LogP contribution >= 0.6 is 0 Å². The number of nitrogens with one attached hydrogen (secondary N) is 2. The monoisotopic (exact) mass is 241 g/mol. The lowest BCUT2D eigenvalue weighted by atomic mass is 10.2. The molecule has 98 valence electrons. The summed E-state index contributed by atoms with van der Waals surface area (Å²) >= 11 is 0. The Labute approximate surface area is 103 Å². The molecule has 2 fully saturated rings. The highest BCUT2D eigenvalue weighted by Gasteiger charge is 2.26. The average molecular weight is 241 g/mol. The summed E-state index contributed by atoms with van der Waals surface area (Å²) in [5, 5.41) is 6.18. The summed E-state index contributed by atoms with van der Waals surface area (Å²) in [6, 6.07) is 0.514. The summed E-state index contributed by atoms with van der Waals surface area (Å²) in [5.74, 6) is 0.0279. The van der Waals surface area contributed by atoms with Crippen LogP contribution in [0, 0.1) is 0 Å². The zero-order chi connectivity index (χ0) is 12.1. The average Bonchev–Trinajstić information content (AvgIpc) is 2.84. The van der Waals surface area contributed by atoms with Gasteiger partial charge in [0.1, 0.15) is 6.10 Å². The molecular weight excluding hydrogens is 218 g/mol. The van der Waals surface area contributed by atoms with Crippen LogP contribution in [0.4, 0.5) is 0 Å². The van der Waals surface area contributed by atoms with Gasteiger partial charge in [0.25, 0.3) is 5.91 Å². The molecule has 2 rings (SSSR count). The minimum atomic E-state index is -0.305. The van der Waals surface area contributed by atoms with E-state index in [2.05, 4.69) is 22.5 Å². The lowest BCUT2D eigenvalue weighted by Crippen LogP contribution is -2.50. The van der Waals surface area contributed by atoms with Crippen molar-refractivity contribution in [3.05, 3.63) is 0 Å². The van der Waals surface area contributed by atoms with E-state index in [4.69, 9.17) is 4.74 Å². The summed E-state index contributed by atoms with van der Waals surface area (Å²) < 4.78 is 5.42. The number of morpholine rings is 1. The first-order chi connectivity index (χ1) is 8.31. The maximum Gasteiger partial charge on any atom is 0.250 e. The topological polar surface area (TPSA) is 53.6 Å². The molecule has 0 bridgehead atoms. The smallest absolute Gasteiger partial charge is 0.250 e. The summed E-state index contributed by atoms with van der Waals surface area (Å²) in [7, 11) is 0. The van der Waals surface area contributed by atoms with Crippen LogP contribution in [0.5, 0.6) is 0 Å². The first-order valence-electron chi connectivity index (χ1n) is 6.65. The van der Waals surface area contributed by atoms with Gasteiger partial charge < -0.3 is 15.4 Å². The molecule has 2 aliphatic rings. The molecule has 2 atom stereocenters. The Morgan fingerprint density at radius 2 is 2.47 bits per heavy atom. The number of nitrogens with zero attached hydrogens (tertiary/aromatic N) is 1. The summed E-state index contributed by atoms with van der Waals surface area (Å²) in [5.41, 5.74) is 0. The van der Waals surface area contributed by atoms with E-state index in [0.29, 0.717) is 19.2 Å². The third-order valence-electron chi connectivity index (χ3n) is 3.64. The second-order valence-electron chi connectivity index (χ2n) is 4.73. The van der Waals surface area contributed by atoms with Gasteiger partial charge in [-0.05, 0) is 25.9 Å². The molecule has 5 nitrogen and oxygen atoms in total. The van der Waals surface area contributed by atoms with Crippen molar-refractivity contribution >= 4 is 5.91 Å². The number of hydrogen-bond donors (Lipinski definition) is 2. The van der Waals surface area contributed by atoms with E-state index in [1.165, 1.54) is 19.4 Å². The van der Waals surface area contributed by atoms with E-state index in [9.17, 15) is 4.79 Å². The Morgan fingerprint density at radius 3 is 3.18 bits per heavy atom. The SMILES string of the molecule is CCN1CCCC1CNC(=O)C1CNCCO1. The van der Waals surface area contributed by atoms with Crippen LogP contribution in [0.3, 0.4) is 0 Å². The van der Waals surface area contributed by atoms with Crippen LogP contribution in [-0.2, 0) is 9.53 Å². The van der Waals surface area contributed by atoms with Crippen LogP contribution in [-0.4, -0.2) is 62.3 Å². The molecule has 0 aromatic rings. The summed E-state index contributed by atoms with van der Waals surface area (Å²) in [4.78, 5) is 14.3. The van der Waals surface area contributed by atoms with Gasteiger partial charge in [-0.3, -0.25) is 9.69 Å². The van der Waals surface area contributed by atoms with Crippen LogP contribution in [0.2, 0.25) is 0 Å². The van der Waals surface area contributed by atoms with Gasteiger partial charge >= 0.3 is 0 Å². The molecule has 5 heteroatoms. The molecule has 2 aliphatic heterocycles. The summed E-state index contributed by atoms with van der Waals surface area (Å²) in [6.45, 7) is 7.27. The zero-order valence-electron chi connectivity index (χ0n) is 10.6. The quantitative estimate of drug-likeness (QED) is 0.701. The Bertz CT molecular complexity index is 254. The largest absolute Gasteiger partial charge is 0.366 e. The minimum Gasteiger partial charge on any atom is -0.366 e. The van der Waals surface area contributed by atoms with Crippen molar-refractivity contribution in [2.24, 2.45) is 0 Å². The number of carbonyl (C=O) groups excluding carboxylic acids is 1. The second kappa shape index (κ2) is 6.33. The maximum absolute atomic E-state index is 11.9. The van der Waals surface area contributed by atoms with E-state index in [0.717, 1.165) is 19.6 Å². The highest BCUT2D eigenvalue weighted by Crippen LogP contribution is 2.15. The number of likely N-dealkylation sites (tertiary alicyclic amines) is 1. The molecule has 17 heavy (non-hydrogen) atoms. The van der Waals surface area contributed by atoms with E-state index in [1.54, 1.807) is 0 Å². The molecule has 2 unspecified atom stereocenters. The standard InChI is InChI=1S/C12H23N3O2/c1-2-15-6-3-4-10(15)8-14-12(16)11-9-13-5-7-17-11/h10-11,13H,2-9H2,1H3,(H,14,16). The fraction of sp³-hybridized carbons (Fsp3) is 0.917.